The van der Waals surface area contributed by atoms with Gasteiger partial charge in [-0.15, -0.1) is 11.6 Å². The van der Waals surface area contributed by atoms with Gasteiger partial charge in [0.25, 0.3) is 0 Å². The Hall–Kier alpha value is -0.230. The molecule has 1 aliphatic carbocycles. The van der Waals surface area contributed by atoms with E-state index in [1.54, 1.807) is 0 Å². The van der Waals surface area contributed by atoms with Crippen molar-refractivity contribution in [2.45, 2.75) is 18.2 Å². The molecule has 1 rings (SSSR count). The Morgan fingerprint density at radius 1 is 1.60 bits per heavy atom. The number of alkyl halides is 1. The van der Waals surface area contributed by atoms with Gasteiger partial charge in [0, 0.05) is 0 Å². The zero-order valence-corrected chi connectivity index (χ0v) is 6.93. The minimum Gasteiger partial charge on any atom is -0.114 e. The van der Waals surface area contributed by atoms with E-state index in [4.69, 9.17) is 11.6 Å². The first kappa shape index (κ1) is 7.87. The van der Waals surface area contributed by atoms with Crippen LogP contribution >= 0.6 is 11.6 Å². The van der Waals surface area contributed by atoms with Gasteiger partial charge in [-0.05, 0) is 19.3 Å². The highest BCUT2D eigenvalue weighted by molar-refractivity contribution is 6.25. The van der Waals surface area contributed by atoms with Crippen LogP contribution in [0.1, 0.15) is 13.3 Å². The van der Waals surface area contributed by atoms with Gasteiger partial charge >= 0.3 is 0 Å². The average molecular weight is 156 g/mol. The number of hydrogen-bond donors (Lipinski definition) is 0. The standard InChI is InChI=1S/C9H12Cl/c1-3-9(10)7-5-4-6-8(9)2/h4-8H,2-3H2,1H3. The highest BCUT2D eigenvalue weighted by atomic mass is 35.5. The third-order valence-electron chi connectivity index (χ3n) is 1.99. The maximum absolute atomic E-state index is 6.21. The van der Waals surface area contributed by atoms with Crippen molar-refractivity contribution in [2.24, 2.45) is 5.92 Å². The van der Waals surface area contributed by atoms with Crippen LogP contribution in [0.4, 0.5) is 0 Å². The first-order valence-electron chi connectivity index (χ1n) is 3.57. The lowest BCUT2D eigenvalue weighted by Gasteiger charge is -2.28. The van der Waals surface area contributed by atoms with Crippen LogP contribution < -0.4 is 0 Å². The smallest absolute Gasteiger partial charge is 0.0688 e. The molecule has 0 aromatic heterocycles. The van der Waals surface area contributed by atoms with E-state index in [9.17, 15) is 0 Å². The first-order valence-corrected chi connectivity index (χ1v) is 3.95. The van der Waals surface area contributed by atoms with Gasteiger partial charge < -0.3 is 0 Å². The molecule has 2 unspecified atom stereocenters. The summed E-state index contributed by atoms with van der Waals surface area (Å²) >= 11 is 6.21. The molecule has 0 heterocycles. The summed E-state index contributed by atoms with van der Waals surface area (Å²) in [6, 6.07) is 0. The molecular formula is C9H12Cl. The van der Waals surface area contributed by atoms with E-state index < -0.39 is 0 Å². The fraction of sp³-hybridized carbons (Fsp3) is 0.444. The first-order chi connectivity index (χ1) is 4.69. The maximum Gasteiger partial charge on any atom is 0.0688 e. The Morgan fingerprint density at radius 3 is 2.70 bits per heavy atom. The van der Waals surface area contributed by atoms with Crippen LogP contribution in [-0.2, 0) is 0 Å². The van der Waals surface area contributed by atoms with Crippen molar-refractivity contribution in [3.05, 3.63) is 31.2 Å². The summed E-state index contributed by atoms with van der Waals surface area (Å²) < 4.78 is 0. The lowest BCUT2D eigenvalue weighted by Crippen LogP contribution is -2.26. The fourth-order valence-electron chi connectivity index (χ4n) is 1.08. The maximum atomic E-state index is 6.21. The highest BCUT2D eigenvalue weighted by Crippen LogP contribution is 2.33. The zero-order valence-electron chi connectivity index (χ0n) is 6.18. The van der Waals surface area contributed by atoms with Gasteiger partial charge in [0.05, 0.1) is 4.87 Å². The predicted molar refractivity (Wildman–Crippen MR) is 46.0 cm³/mol. The Balaban J connectivity index is 2.77. The van der Waals surface area contributed by atoms with Gasteiger partial charge in [0.2, 0.25) is 0 Å². The molecule has 0 fully saturated rings. The second kappa shape index (κ2) is 2.79. The van der Waals surface area contributed by atoms with Crippen LogP contribution in [0.2, 0.25) is 0 Å². The number of allylic oxidation sites excluding steroid dienone is 4. The SMILES string of the molecule is [CH2]C1C=CC=CC1(Cl)CC. The van der Waals surface area contributed by atoms with Crippen LogP contribution in [0.15, 0.2) is 24.3 Å². The van der Waals surface area contributed by atoms with Crippen molar-refractivity contribution in [3.8, 4) is 0 Å². The van der Waals surface area contributed by atoms with Crippen LogP contribution in [0.3, 0.4) is 0 Å². The van der Waals surface area contributed by atoms with Gasteiger partial charge in [-0.2, -0.15) is 0 Å². The molecule has 10 heavy (non-hydrogen) atoms. The van der Waals surface area contributed by atoms with Crippen molar-refractivity contribution in [3.63, 3.8) is 0 Å². The molecule has 0 spiro atoms. The van der Waals surface area contributed by atoms with E-state index in [2.05, 4.69) is 13.8 Å². The van der Waals surface area contributed by atoms with Crippen molar-refractivity contribution in [1.82, 2.24) is 0 Å². The molecule has 1 heteroatoms. The third-order valence-corrected chi connectivity index (χ3v) is 2.66. The average Bonchev–Trinajstić information content (AvgIpc) is 1.96. The molecule has 55 valence electrons. The molecule has 0 aromatic rings. The van der Waals surface area contributed by atoms with Crippen molar-refractivity contribution >= 4 is 11.6 Å². The van der Waals surface area contributed by atoms with Gasteiger partial charge in [-0.3, -0.25) is 0 Å². The third kappa shape index (κ3) is 1.27. The van der Waals surface area contributed by atoms with E-state index in [1.165, 1.54) is 0 Å². The summed E-state index contributed by atoms with van der Waals surface area (Å²) in [7, 11) is 0. The van der Waals surface area contributed by atoms with Crippen LogP contribution in [0.5, 0.6) is 0 Å². The Kier molecular flexibility index (Phi) is 2.20. The lowest BCUT2D eigenvalue weighted by atomic mass is 9.87. The minimum absolute atomic E-state index is 0.212. The fourth-order valence-corrected chi connectivity index (χ4v) is 1.22. The summed E-state index contributed by atoms with van der Waals surface area (Å²) in [5.41, 5.74) is 0. The predicted octanol–water partition coefficient (Wildman–Crippen LogP) is 2.95. The van der Waals surface area contributed by atoms with Crippen molar-refractivity contribution in [2.75, 3.05) is 0 Å². The second-order valence-corrected chi connectivity index (χ2v) is 3.33. The van der Waals surface area contributed by atoms with E-state index >= 15 is 0 Å². The largest absolute Gasteiger partial charge is 0.114 e. The summed E-state index contributed by atoms with van der Waals surface area (Å²) in [5, 5.41) is 0. The molecule has 1 aliphatic rings. The molecule has 0 bridgehead atoms. The molecule has 0 aliphatic heterocycles. The second-order valence-electron chi connectivity index (χ2n) is 2.63. The molecule has 0 aromatic carbocycles. The molecule has 0 N–H and O–H groups in total. The summed E-state index contributed by atoms with van der Waals surface area (Å²) in [4.78, 5) is -0.227. The lowest BCUT2D eigenvalue weighted by molar-refractivity contribution is 0.570. The quantitative estimate of drug-likeness (QED) is 0.511. The van der Waals surface area contributed by atoms with E-state index in [0.717, 1.165) is 6.42 Å². The van der Waals surface area contributed by atoms with E-state index in [1.807, 2.05) is 24.3 Å². The number of rotatable bonds is 1. The number of halogens is 1. The molecule has 0 amide bonds. The van der Waals surface area contributed by atoms with E-state index in [-0.39, 0.29) is 10.8 Å². The molecule has 0 saturated carbocycles. The van der Waals surface area contributed by atoms with Gasteiger partial charge in [-0.25, -0.2) is 0 Å². The number of hydrogen-bond acceptors (Lipinski definition) is 0. The normalized spacial score (nSPS) is 38.5. The van der Waals surface area contributed by atoms with Crippen molar-refractivity contribution in [1.29, 1.82) is 0 Å². The summed E-state index contributed by atoms with van der Waals surface area (Å²) in [6.07, 6.45) is 8.97. The minimum atomic E-state index is -0.227. The molecule has 2 atom stereocenters. The Morgan fingerprint density at radius 2 is 2.30 bits per heavy atom. The molecule has 0 nitrogen and oxygen atoms in total. The van der Waals surface area contributed by atoms with Crippen molar-refractivity contribution < 1.29 is 0 Å². The topological polar surface area (TPSA) is 0 Å². The van der Waals surface area contributed by atoms with Gasteiger partial charge in [-0.1, -0.05) is 31.2 Å². The summed E-state index contributed by atoms with van der Waals surface area (Å²) in [6.45, 7) is 6.03. The van der Waals surface area contributed by atoms with Crippen LogP contribution in [-0.4, -0.2) is 4.87 Å². The summed E-state index contributed by atoms with van der Waals surface area (Å²) in [5.74, 6) is 0.212. The van der Waals surface area contributed by atoms with Crippen LogP contribution in [0, 0.1) is 12.8 Å². The Bertz CT molecular complexity index is 170. The zero-order chi connectivity index (χ0) is 7.61. The van der Waals surface area contributed by atoms with Gasteiger partial charge in [0.15, 0.2) is 0 Å². The Labute approximate surface area is 67.6 Å². The van der Waals surface area contributed by atoms with Gasteiger partial charge in [0.1, 0.15) is 0 Å². The molecular weight excluding hydrogens is 144 g/mol. The van der Waals surface area contributed by atoms with Crippen LogP contribution in [0.25, 0.3) is 0 Å². The molecule has 1 radical (unpaired) electrons. The monoisotopic (exact) mass is 155 g/mol. The van der Waals surface area contributed by atoms with E-state index in [0.29, 0.717) is 0 Å². The molecule has 0 saturated heterocycles. The highest BCUT2D eigenvalue weighted by Gasteiger charge is 2.28.